The van der Waals surface area contributed by atoms with Crippen LogP contribution in [0.1, 0.15) is 11.1 Å². The van der Waals surface area contributed by atoms with Crippen LogP contribution in [0.5, 0.6) is 0 Å². The standard InChI is InChI=1S/C12H12N2O/c1-10-5-2-3-6-11(10)9-14-12(15)7-4-8-13-14/h2-8H,9H2,1H3. The number of hydrogen-bond donors (Lipinski definition) is 0. The zero-order chi connectivity index (χ0) is 10.7. The molecule has 0 aliphatic carbocycles. The maximum absolute atomic E-state index is 11.4. The fourth-order valence-corrected chi connectivity index (χ4v) is 1.45. The van der Waals surface area contributed by atoms with Gasteiger partial charge in [-0.2, -0.15) is 5.10 Å². The van der Waals surface area contributed by atoms with Gasteiger partial charge in [-0.05, 0) is 24.1 Å². The van der Waals surface area contributed by atoms with E-state index in [-0.39, 0.29) is 5.56 Å². The van der Waals surface area contributed by atoms with E-state index in [2.05, 4.69) is 5.10 Å². The van der Waals surface area contributed by atoms with Crippen LogP contribution in [0.3, 0.4) is 0 Å². The second-order valence-electron chi connectivity index (χ2n) is 3.45. The van der Waals surface area contributed by atoms with Crippen LogP contribution < -0.4 is 5.56 Å². The van der Waals surface area contributed by atoms with Gasteiger partial charge in [-0.15, -0.1) is 0 Å². The van der Waals surface area contributed by atoms with Gasteiger partial charge in [0.15, 0.2) is 0 Å². The number of benzene rings is 1. The van der Waals surface area contributed by atoms with E-state index in [9.17, 15) is 4.79 Å². The second-order valence-corrected chi connectivity index (χ2v) is 3.45. The van der Waals surface area contributed by atoms with Gasteiger partial charge >= 0.3 is 0 Å². The molecular formula is C12H12N2O. The van der Waals surface area contributed by atoms with E-state index < -0.39 is 0 Å². The Morgan fingerprint density at radius 2 is 2.00 bits per heavy atom. The Hall–Kier alpha value is -1.90. The van der Waals surface area contributed by atoms with Crippen LogP contribution in [0.4, 0.5) is 0 Å². The van der Waals surface area contributed by atoms with E-state index in [0.29, 0.717) is 6.54 Å². The highest BCUT2D eigenvalue weighted by atomic mass is 16.1. The summed E-state index contributed by atoms with van der Waals surface area (Å²) >= 11 is 0. The molecule has 2 rings (SSSR count). The summed E-state index contributed by atoms with van der Waals surface area (Å²) in [6, 6.07) is 11.2. The molecule has 15 heavy (non-hydrogen) atoms. The molecule has 3 nitrogen and oxygen atoms in total. The van der Waals surface area contributed by atoms with Crippen LogP contribution in [0.25, 0.3) is 0 Å². The lowest BCUT2D eigenvalue weighted by Crippen LogP contribution is -2.21. The molecule has 0 spiro atoms. The molecule has 0 N–H and O–H groups in total. The summed E-state index contributed by atoms with van der Waals surface area (Å²) < 4.78 is 1.46. The number of rotatable bonds is 2. The lowest BCUT2D eigenvalue weighted by molar-refractivity contribution is 0.637. The normalized spacial score (nSPS) is 10.2. The molecule has 0 atom stereocenters. The first-order valence-electron chi connectivity index (χ1n) is 4.84. The van der Waals surface area contributed by atoms with Gasteiger partial charge in [0.2, 0.25) is 0 Å². The Morgan fingerprint density at radius 3 is 2.73 bits per heavy atom. The molecule has 0 saturated heterocycles. The molecule has 0 radical (unpaired) electrons. The molecule has 1 aromatic carbocycles. The van der Waals surface area contributed by atoms with Gasteiger partial charge in [-0.3, -0.25) is 4.79 Å². The monoisotopic (exact) mass is 200 g/mol. The van der Waals surface area contributed by atoms with Crippen LogP contribution in [-0.2, 0) is 6.54 Å². The molecule has 0 saturated carbocycles. The van der Waals surface area contributed by atoms with Gasteiger partial charge in [-0.1, -0.05) is 24.3 Å². The highest BCUT2D eigenvalue weighted by Gasteiger charge is 2.00. The Bertz CT molecular complexity index is 517. The summed E-state index contributed by atoms with van der Waals surface area (Å²) in [5.41, 5.74) is 2.23. The van der Waals surface area contributed by atoms with Gasteiger partial charge in [0, 0.05) is 12.3 Å². The fraction of sp³-hybridized carbons (Fsp3) is 0.167. The van der Waals surface area contributed by atoms with E-state index in [1.807, 2.05) is 31.2 Å². The first-order chi connectivity index (χ1) is 7.27. The highest BCUT2D eigenvalue weighted by molar-refractivity contribution is 5.25. The third kappa shape index (κ3) is 2.13. The first-order valence-corrected chi connectivity index (χ1v) is 4.84. The van der Waals surface area contributed by atoms with Gasteiger partial charge in [0.25, 0.3) is 5.56 Å². The smallest absolute Gasteiger partial charge is 0.267 e. The molecule has 3 heteroatoms. The molecule has 0 unspecified atom stereocenters. The lowest BCUT2D eigenvalue weighted by Gasteiger charge is -2.06. The summed E-state index contributed by atoms with van der Waals surface area (Å²) in [5.74, 6) is 0. The molecule has 2 aromatic rings. The maximum Gasteiger partial charge on any atom is 0.267 e. The molecule has 0 bridgehead atoms. The van der Waals surface area contributed by atoms with E-state index in [1.54, 1.807) is 12.3 Å². The molecule has 1 heterocycles. The lowest BCUT2D eigenvalue weighted by atomic mass is 10.1. The second kappa shape index (κ2) is 4.09. The van der Waals surface area contributed by atoms with Crippen molar-refractivity contribution < 1.29 is 0 Å². The van der Waals surface area contributed by atoms with Crippen molar-refractivity contribution in [1.29, 1.82) is 0 Å². The third-order valence-electron chi connectivity index (χ3n) is 2.37. The number of aromatic nitrogens is 2. The quantitative estimate of drug-likeness (QED) is 0.738. The first kappa shape index (κ1) is 9.65. The van der Waals surface area contributed by atoms with Crippen LogP contribution in [0, 0.1) is 6.92 Å². The summed E-state index contributed by atoms with van der Waals surface area (Å²) in [5, 5.41) is 4.02. The molecule has 0 amide bonds. The Morgan fingerprint density at radius 1 is 1.20 bits per heavy atom. The maximum atomic E-state index is 11.4. The van der Waals surface area contributed by atoms with E-state index in [1.165, 1.54) is 16.3 Å². The summed E-state index contributed by atoms with van der Waals surface area (Å²) in [4.78, 5) is 11.4. The van der Waals surface area contributed by atoms with Gasteiger partial charge in [0.05, 0.1) is 6.54 Å². The topological polar surface area (TPSA) is 34.9 Å². The molecule has 76 valence electrons. The van der Waals surface area contributed by atoms with Crippen molar-refractivity contribution >= 4 is 0 Å². The highest BCUT2D eigenvalue weighted by Crippen LogP contribution is 2.06. The molecule has 0 aliphatic rings. The van der Waals surface area contributed by atoms with Crippen LogP contribution in [-0.4, -0.2) is 9.78 Å². The largest absolute Gasteiger partial charge is 0.268 e. The van der Waals surface area contributed by atoms with Crippen molar-refractivity contribution in [3.05, 3.63) is 64.1 Å². The van der Waals surface area contributed by atoms with Crippen molar-refractivity contribution in [3.63, 3.8) is 0 Å². The van der Waals surface area contributed by atoms with E-state index >= 15 is 0 Å². The zero-order valence-corrected chi connectivity index (χ0v) is 8.55. The van der Waals surface area contributed by atoms with Gasteiger partial charge < -0.3 is 0 Å². The van der Waals surface area contributed by atoms with Gasteiger partial charge in [0.1, 0.15) is 0 Å². The Kier molecular flexibility index (Phi) is 2.63. The van der Waals surface area contributed by atoms with Crippen LogP contribution in [0.15, 0.2) is 47.4 Å². The average molecular weight is 200 g/mol. The number of nitrogens with zero attached hydrogens (tertiary/aromatic N) is 2. The summed E-state index contributed by atoms with van der Waals surface area (Å²) in [6.07, 6.45) is 1.62. The number of hydrogen-bond acceptors (Lipinski definition) is 2. The number of aryl methyl sites for hydroxylation is 1. The predicted molar refractivity (Wildman–Crippen MR) is 58.8 cm³/mol. The summed E-state index contributed by atoms with van der Waals surface area (Å²) in [7, 11) is 0. The summed E-state index contributed by atoms with van der Waals surface area (Å²) in [6.45, 7) is 2.57. The fourth-order valence-electron chi connectivity index (χ4n) is 1.45. The van der Waals surface area contributed by atoms with Crippen molar-refractivity contribution in [1.82, 2.24) is 9.78 Å². The minimum atomic E-state index is -0.0687. The van der Waals surface area contributed by atoms with Crippen molar-refractivity contribution in [2.45, 2.75) is 13.5 Å². The van der Waals surface area contributed by atoms with Crippen molar-refractivity contribution in [2.24, 2.45) is 0 Å². The van der Waals surface area contributed by atoms with E-state index in [0.717, 1.165) is 5.56 Å². The Labute approximate surface area is 88.0 Å². The molecule has 1 aromatic heterocycles. The average Bonchev–Trinajstić information content (AvgIpc) is 2.24. The minimum Gasteiger partial charge on any atom is -0.268 e. The van der Waals surface area contributed by atoms with Crippen LogP contribution in [0.2, 0.25) is 0 Å². The molecule has 0 fully saturated rings. The SMILES string of the molecule is Cc1ccccc1Cn1ncccc1=O. The Balaban J connectivity index is 2.34. The van der Waals surface area contributed by atoms with Crippen molar-refractivity contribution in [2.75, 3.05) is 0 Å². The minimum absolute atomic E-state index is 0.0687. The zero-order valence-electron chi connectivity index (χ0n) is 8.55. The predicted octanol–water partition coefficient (Wildman–Crippen LogP) is 1.60. The van der Waals surface area contributed by atoms with E-state index in [4.69, 9.17) is 0 Å². The third-order valence-corrected chi connectivity index (χ3v) is 2.37. The van der Waals surface area contributed by atoms with Crippen LogP contribution >= 0.6 is 0 Å². The molecule has 0 aliphatic heterocycles. The molecular weight excluding hydrogens is 188 g/mol. The van der Waals surface area contributed by atoms with Crippen molar-refractivity contribution in [3.8, 4) is 0 Å². The van der Waals surface area contributed by atoms with Gasteiger partial charge in [-0.25, -0.2) is 4.68 Å².